The first-order chi connectivity index (χ1) is 9.02. The summed E-state index contributed by atoms with van der Waals surface area (Å²) in [6.45, 7) is 6.79. The lowest BCUT2D eigenvalue weighted by atomic mass is 10.0. The van der Waals surface area contributed by atoms with Crippen LogP contribution in [0, 0.1) is 23.7 Å². The Balaban J connectivity index is 1.72. The molecule has 0 amide bonds. The van der Waals surface area contributed by atoms with Crippen LogP contribution in [0.4, 0.5) is 0 Å². The monoisotopic (exact) mass is 323 g/mol. The van der Waals surface area contributed by atoms with Crippen LogP contribution in [0.5, 0.6) is 0 Å². The molecule has 3 fully saturated rings. The van der Waals surface area contributed by atoms with Crippen LogP contribution in [0.25, 0.3) is 0 Å². The summed E-state index contributed by atoms with van der Waals surface area (Å²) in [6.07, 6.45) is 4.44. The molecule has 2 bridgehead atoms. The number of halogens is 1. The highest BCUT2D eigenvalue weighted by atomic mass is 79.9. The number of hydrogen-bond donors (Lipinski definition) is 0. The molecule has 4 atom stereocenters. The Kier molecular flexibility index (Phi) is 2.50. The molecule has 104 valence electrons. The van der Waals surface area contributed by atoms with Crippen molar-refractivity contribution in [1.29, 1.82) is 0 Å². The normalized spacial score (nSPS) is 39.7. The summed E-state index contributed by atoms with van der Waals surface area (Å²) in [5.74, 6) is 6.94. The van der Waals surface area contributed by atoms with Crippen molar-refractivity contribution in [3.8, 4) is 0 Å². The molecule has 4 rings (SSSR count). The highest BCUT2D eigenvalue weighted by molar-refractivity contribution is 9.08. The predicted molar refractivity (Wildman–Crippen MR) is 78.2 cm³/mol. The molecule has 0 N–H and O–H groups in total. The highest BCUT2D eigenvalue weighted by Gasteiger charge is 2.66. The van der Waals surface area contributed by atoms with Crippen LogP contribution in [0.15, 0.2) is 0 Å². The minimum Gasteiger partial charge on any atom is -0.309 e. The maximum atomic E-state index is 4.58. The fraction of sp³-hybridized carbons (Fsp3) is 0.867. The van der Waals surface area contributed by atoms with E-state index in [0.717, 1.165) is 34.8 Å². The first-order valence-corrected chi connectivity index (χ1v) is 8.65. The zero-order valence-corrected chi connectivity index (χ0v) is 13.5. The van der Waals surface area contributed by atoms with Gasteiger partial charge in [-0.05, 0) is 63.7 Å². The third kappa shape index (κ3) is 1.61. The van der Waals surface area contributed by atoms with Crippen LogP contribution in [0.3, 0.4) is 0 Å². The second-order valence-corrected chi connectivity index (χ2v) is 8.19. The lowest BCUT2D eigenvalue weighted by molar-refractivity contribution is 0.364. The molecule has 3 aliphatic rings. The molecule has 3 aliphatic carbocycles. The topological polar surface area (TPSA) is 30.7 Å². The molecule has 4 heteroatoms. The van der Waals surface area contributed by atoms with Gasteiger partial charge in [0.15, 0.2) is 0 Å². The maximum absolute atomic E-state index is 4.58. The molecule has 0 aliphatic heterocycles. The summed E-state index contributed by atoms with van der Waals surface area (Å²) in [5, 5.41) is 9.80. The third-order valence-corrected chi connectivity index (χ3v) is 6.08. The van der Waals surface area contributed by atoms with Gasteiger partial charge in [0, 0.05) is 11.5 Å². The molecule has 1 aromatic heterocycles. The van der Waals surface area contributed by atoms with Gasteiger partial charge in [-0.25, -0.2) is 0 Å². The van der Waals surface area contributed by atoms with Gasteiger partial charge in [-0.2, -0.15) is 0 Å². The minimum atomic E-state index is 0.0812. The number of rotatable bonds is 2. The fourth-order valence-corrected chi connectivity index (χ4v) is 5.40. The van der Waals surface area contributed by atoms with Crippen LogP contribution >= 0.6 is 15.9 Å². The molecule has 0 aromatic carbocycles. The van der Waals surface area contributed by atoms with E-state index < -0.39 is 0 Å². The second-order valence-electron chi connectivity index (χ2n) is 7.63. The van der Waals surface area contributed by atoms with E-state index in [1.54, 1.807) is 0 Å². The second kappa shape index (κ2) is 3.84. The van der Waals surface area contributed by atoms with Gasteiger partial charge >= 0.3 is 0 Å². The molecule has 3 nitrogen and oxygen atoms in total. The van der Waals surface area contributed by atoms with Gasteiger partial charge in [-0.1, -0.05) is 15.9 Å². The number of hydrogen-bond acceptors (Lipinski definition) is 2. The van der Waals surface area contributed by atoms with Gasteiger partial charge in [-0.3, -0.25) is 0 Å². The molecular weight excluding hydrogens is 302 g/mol. The predicted octanol–water partition coefficient (Wildman–Crippen LogP) is 3.69. The van der Waals surface area contributed by atoms with Gasteiger partial charge in [0.2, 0.25) is 0 Å². The molecule has 1 aromatic rings. The minimum absolute atomic E-state index is 0.0812. The van der Waals surface area contributed by atoms with E-state index in [1.807, 2.05) is 0 Å². The first-order valence-electron chi connectivity index (χ1n) is 7.53. The lowest BCUT2D eigenvalue weighted by Gasteiger charge is -2.25. The molecule has 1 heterocycles. The Bertz CT molecular complexity index is 500. The van der Waals surface area contributed by atoms with Crippen LogP contribution in [0.1, 0.15) is 57.6 Å². The summed E-state index contributed by atoms with van der Waals surface area (Å²) in [7, 11) is 0. The third-order valence-electron chi connectivity index (χ3n) is 5.58. The average Bonchev–Trinajstić information content (AvgIpc) is 2.75. The number of aromatic nitrogens is 3. The quantitative estimate of drug-likeness (QED) is 0.777. The average molecular weight is 324 g/mol. The largest absolute Gasteiger partial charge is 0.309 e. The van der Waals surface area contributed by atoms with Crippen LogP contribution in [-0.2, 0) is 10.9 Å². The Morgan fingerprint density at radius 3 is 2.32 bits per heavy atom. The van der Waals surface area contributed by atoms with Crippen LogP contribution in [-0.4, -0.2) is 14.8 Å². The van der Waals surface area contributed by atoms with Gasteiger partial charge in [0.25, 0.3) is 0 Å². The molecule has 19 heavy (non-hydrogen) atoms. The van der Waals surface area contributed by atoms with E-state index in [-0.39, 0.29) is 5.54 Å². The Morgan fingerprint density at radius 1 is 1.16 bits per heavy atom. The van der Waals surface area contributed by atoms with E-state index >= 15 is 0 Å². The van der Waals surface area contributed by atoms with E-state index in [0.29, 0.717) is 5.92 Å². The summed E-state index contributed by atoms with van der Waals surface area (Å²) in [5.41, 5.74) is 0.0812. The molecule has 0 spiro atoms. The molecule has 0 saturated heterocycles. The zero-order chi connectivity index (χ0) is 13.4. The summed E-state index contributed by atoms with van der Waals surface area (Å²) in [4.78, 5) is 0. The lowest BCUT2D eigenvalue weighted by Crippen LogP contribution is -2.26. The SMILES string of the molecule is CC(C)(C)n1c(CBr)nnc1C1C2C3CCC(C3)C12. The Hall–Kier alpha value is -0.380. The maximum Gasteiger partial charge on any atom is 0.144 e. The van der Waals surface area contributed by atoms with Crippen molar-refractivity contribution in [2.24, 2.45) is 23.7 Å². The number of fused-ring (bicyclic) bond motifs is 5. The Labute approximate surface area is 123 Å². The first kappa shape index (κ1) is 12.4. The molecular formula is C15H22BrN3. The van der Waals surface area contributed by atoms with E-state index in [2.05, 4.69) is 51.5 Å². The number of nitrogens with zero attached hydrogens (tertiary/aromatic N) is 3. The van der Waals surface area contributed by atoms with Gasteiger partial charge in [-0.15, -0.1) is 10.2 Å². The van der Waals surface area contributed by atoms with E-state index in [1.165, 1.54) is 25.1 Å². The molecule has 0 radical (unpaired) electrons. The zero-order valence-electron chi connectivity index (χ0n) is 11.9. The van der Waals surface area contributed by atoms with Gasteiger partial charge in [0.1, 0.15) is 11.6 Å². The van der Waals surface area contributed by atoms with Crippen molar-refractivity contribution in [3.63, 3.8) is 0 Å². The van der Waals surface area contributed by atoms with Crippen molar-refractivity contribution >= 4 is 15.9 Å². The van der Waals surface area contributed by atoms with Crippen LogP contribution < -0.4 is 0 Å². The van der Waals surface area contributed by atoms with E-state index in [4.69, 9.17) is 0 Å². The van der Waals surface area contributed by atoms with Crippen molar-refractivity contribution in [1.82, 2.24) is 14.8 Å². The number of alkyl halides is 1. The van der Waals surface area contributed by atoms with Crippen LogP contribution in [0.2, 0.25) is 0 Å². The summed E-state index contributed by atoms with van der Waals surface area (Å²) in [6, 6.07) is 0. The van der Waals surface area contributed by atoms with Crippen molar-refractivity contribution in [2.75, 3.05) is 0 Å². The highest BCUT2D eigenvalue weighted by Crippen LogP contribution is 2.73. The van der Waals surface area contributed by atoms with Gasteiger partial charge in [0.05, 0.1) is 5.33 Å². The fourth-order valence-electron chi connectivity index (χ4n) is 5.03. The molecule has 4 unspecified atom stereocenters. The molecule has 3 saturated carbocycles. The van der Waals surface area contributed by atoms with Gasteiger partial charge < -0.3 is 4.57 Å². The Morgan fingerprint density at radius 2 is 1.79 bits per heavy atom. The standard InChI is InChI=1S/C15H22BrN3/c1-15(2,3)19-10(7-16)17-18-14(19)13-11-8-4-5-9(6-8)12(11)13/h8-9,11-13H,4-7H2,1-3H3. The van der Waals surface area contributed by atoms with Crippen molar-refractivity contribution < 1.29 is 0 Å². The summed E-state index contributed by atoms with van der Waals surface area (Å²) < 4.78 is 2.39. The van der Waals surface area contributed by atoms with Crippen molar-refractivity contribution in [3.05, 3.63) is 11.6 Å². The summed E-state index contributed by atoms with van der Waals surface area (Å²) >= 11 is 3.56. The smallest absolute Gasteiger partial charge is 0.144 e. The van der Waals surface area contributed by atoms with Crippen molar-refractivity contribution in [2.45, 2.75) is 56.8 Å². The van der Waals surface area contributed by atoms with E-state index in [9.17, 15) is 0 Å².